The number of hydrogen-bond acceptors (Lipinski definition) is 35. The summed E-state index contributed by atoms with van der Waals surface area (Å²) in [5.74, 6) is -3.04. The van der Waals surface area contributed by atoms with Crippen LogP contribution in [0.4, 0.5) is 0 Å². The van der Waals surface area contributed by atoms with E-state index in [4.69, 9.17) is 108 Å². The Hall–Kier alpha value is -9.15. The number of imidazole rings is 1. The number of aliphatic carboxylic acids is 1. The normalized spacial score (nSPS) is 11.0. The van der Waals surface area contributed by atoms with Gasteiger partial charge in [0.15, 0.2) is 0 Å². The molecule has 0 bridgehead atoms. The number of aromatic nitrogens is 2. The van der Waals surface area contributed by atoms with Gasteiger partial charge in [-0.25, -0.2) is 4.98 Å². The molecule has 0 saturated carbocycles. The van der Waals surface area contributed by atoms with E-state index in [0.29, 0.717) is 120 Å². The van der Waals surface area contributed by atoms with Crippen molar-refractivity contribution < 1.29 is 101 Å². The number of rotatable bonds is 34. The van der Waals surface area contributed by atoms with E-state index in [0.717, 1.165) is 12.0 Å². The highest BCUT2D eigenvalue weighted by Gasteiger charge is 2.05. The standard InChI is InChI=1S/C6H9N3O.5C5H10N2O2.C5H9NO3.C3H7NO.6C2H5NO/c7-5(3-10)1-6-2-8-4-9-6;5*6-4(3-8)1-2-5(7)9;6-4(3-7)1-2-5(8)9;1-3(4)2-5;6*3-1-2-4/h2-5H,1,7H2,(H,8,9);5*3-4H,1-2,6H2,(H2,7,9);3-4H,1-2,6H2,(H,8,9);2-3H,4H2,1H3;6*2H,1,3H2/t5-;6*4-;3-;;;;;;/m11111111....../s1. The second-order valence-electron chi connectivity index (χ2n) is 16.2. The maximum absolute atomic E-state index is 10.1. The maximum atomic E-state index is 10.1. The monoisotopic (exact) mass is 1350 g/mol. The molecule has 42 nitrogen and oxygen atoms in total. The van der Waals surface area contributed by atoms with E-state index in [9.17, 15) is 67.1 Å². The summed E-state index contributed by atoms with van der Waals surface area (Å²) in [4.78, 5) is 200. The van der Waals surface area contributed by atoms with E-state index in [1.165, 1.54) is 0 Å². The van der Waals surface area contributed by atoms with E-state index in [1.54, 1.807) is 19.4 Å². The van der Waals surface area contributed by atoms with Gasteiger partial charge in [-0.05, 0) is 45.4 Å². The molecule has 1 aromatic rings. The first-order valence-corrected chi connectivity index (χ1v) is 26.7. The largest absolute Gasteiger partial charge is 0.481 e. The van der Waals surface area contributed by atoms with E-state index in [-0.39, 0.29) is 90.3 Å². The lowest BCUT2D eigenvalue weighted by atomic mass is 10.2. The number of amides is 5. The zero-order valence-corrected chi connectivity index (χ0v) is 52.3. The summed E-state index contributed by atoms with van der Waals surface area (Å²) in [5.41, 5.74) is 93.9. The molecule has 93 heavy (non-hydrogen) atoms. The molecular formula is C51H105N21O21. The predicted octanol–water partition coefficient (Wildman–Crippen LogP) is -12.9. The summed E-state index contributed by atoms with van der Waals surface area (Å²) >= 11 is 0. The number of carbonyl (C=O) groups excluding carboxylic acids is 19. The maximum Gasteiger partial charge on any atom is 0.303 e. The van der Waals surface area contributed by atoms with Crippen LogP contribution in [0.5, 0.6) is 0 Å². The van der Waals surface area contributed by atoms with E-state index in [2.05, 4.69) is 44.4 Å². The average molecular weight is 1350 g/mol. The van der Waals surface area contributed by atoms with Crippen LogP contribution in [-0.2, 0) is 102 Å². The first-order valence-electron chi connectivity index (χ1n) is 26.7. The molecule has 540 valence electrons. The topological polar surface area (TPSA) is 885 Å². The Morgan fingerprint density at radius 2 is 0.538 bits per heavy atom. The van der Waals surface area contributed by atoms with Crippen molar-refractivity contribution in [2.24, 2.45) is 109 Å². The average Bonchev–Trinajstić information content (AvgIpc) is 3.85. The van der Waals surface area contributed by atoms with Gasteiger partial charge in [-0.15, -0.1) is 0 Å². The molecule has 0 fully saturated rings. The van der Waals surface area contributed by atoms with Crippen molar-refractivity contribution in [1.29, 1.82) is 0 Å². The van der Waals surface area contributed by atoms with Crippen molar-refractivity contribution >= 4 is 124 Å². The minimum absolute atomic E-state index is 0.0418. The third kappa shape index (κ3) is 187. The second-order valence-corrected chi connectivity index (χ2v) is 16.2. The quantitative estimate of drug-likeness (QED) is 0.0285. The Labute approximate surface area is 538 Å². The number of carboxylic acid groups (broad SMARTS) is 1. The minimum atomic E-state index is -0.924. The number of aldehydes is 14. The smallest absolute Gasteiger partial charge is 0.303 e. The van der Waals surface area contributed by atoms with Crippen LogP contribution in [0.1, 0.15) is 89.7 Å². The molecule has 0 aliphatic carbocycles. The molecule has 40 N–H and O–H groups in total. The Morgan fingerprint density at radius 3 is 0.645 bits per heavy atom. The fourth-order valence-electron chi connectivity index (χ4n) is 2.94. The molecule has 1 aromatic heterocycles. The fourth-order valence-corrected chi connectivity index (χ4v) is 2.94. The van der Waals surface area contributed by atoms with Gasteiger partial charge in [-0.3, -0.25) is 28.8 Å². The number of carboxylic acids is 1. The van der Waals surface area contributed by atoms with Gasteiger partial charge in [0.05, 0.1) is 54.7 Å². The fraction of sp³-hybridized carbons (Fsp3) is 0.549. The molecule has 0 aliphatic heterocycles. The second kappa shape index (κ2) is 105. The highest BCUT2D eigenvalue weighted by atomic mass is 16.4. The Morgan fingerprint density at radius 1 is 0.366 bits per heavy atom. The molecule has 0 saturated heterocycles. The lowest BCUT2D eigenvalue weighted by molar-refractivity contribution is -0.137. The molecule has 1 heterocycles. The van der Waals surface area contributed by atoms with Crippen LogP contribution in [0.25, 0.3) is 0 Å². The molecular weight excluding hydrogens is 1240 g/mol. The van der Waals surface area contributed by atoms with Gasteiger partial charge in [0, 0.05) is 96.1 Å². The van der Waals surface area contributed by atoms with Crippen molar-refractivity contribution in [3.8, 4) is 0 Å². The number of carbonyl (C=O) groups is 20. The van der Waals surface area contributed by atoms with E-state index in [1.807, 2.05) is 0 Å². The summed E-state index contributed by atoms with van der Waals surface area (Å²) in [6, 6.07) is -4.06. The highest BCUT2D eigenvalue weighted by Crippen LogP contribution is 1.94. The van der Waals surface area contributed by atoms with Gasteiger partial charge in [0.2, 0.25) is 29.5 Å². The number of primary amides is 5. The number of hydrogen-bond donors (Lipinski definition) is 21. The van der Waals surface area contributed by atoms with Crippen LogP contribution in [0.15, 0.2) is 12.5 Å². The Bertz CT molecular complexity index is 1720. The first-order chi connectivity index (χ1) is 43.6. The summed E-state index contributed by atoms with van der Waals surface area (Å²) in [7, 11) is 0. The molecule has 8 atom stereocenters. The predicted molar refractivity (Wildman–Crippen MR) is 340 cm³/mol. The zero-order chi connectivity index (χ0) is 75.8. The van der Waals surface area contributed by atoms with Gasteiger partial charge in [0.25, 0.3) is 0 Å². The van der Waals surface area contributed by atoms with Gasteiger partial charge in [0.1, 0.15) is 88.0 Å². The first kappa shape index (κ1) is 115. The van der Waals surface area contributed by atoms with Crippen LogP contribution in [0.2, 0.25) is 0 Å². The number of nitrogens with zero attached hydrogens (tertiary/aromatic N) is 1. The Kier molecular flexibility index (Phi) is 129. The third-order valence-corrected chi connectivity index (χ3v) is 7.34. The van der Waals surface area contributed by atoms with Crippen molar-refractivity contribution in [2.45, 2.75) is 139 Å². The lowest BCUT2D eigenvalue weighted by Gasteiger charge is -1.98. The molecule has 1 rings (SSSR count). The van der Waals surface area contributed by atoms with Gasteiger partial charge >= 0.3 is 5.97 Å². The summed E-state index contributed by atoms with van der Waals surface area (Å²) in [6.07, 6.45) is 15.4. The summed E-state index contributed by atoms with van der Waals surface area (Å²) in [6.45, 7) is 2.47. The van der Waals surface area contributed by atoms with Gasteiger partial charge in [-0.2, -0.15) is 0 Å². The minimum Gasteiger partial charge on any atom is -0.481 e. The molecule has 0 radical (unpaired) electrons. The molecule has 0 aromatic carbocycles. The van der Waals surface area contributed by atoms with Crippen LogP contribution in [0.3, 0.4) is 0 Å². The number of nitrogens with one attached hydrogen (secondary N) is 1. The number of nitrogens with two attached hydrogens (primary N) is 19. The molecule has 0 aliphatic rings. The SMILES string of the molecule is C[C@@H](N)C=O.NC(=O)CC[C@@H](N)C=O.NC(=O)CC[C@@H](N)C=O.NC(=O)CC[C@@H](N)C=O.NC(=O)CC[C@@H](N)C=O.NC(=O)CC[C@@H](N)C=O.NCC=O.NCC=O.NCC=O.NCC=O.NCC=O.NCC=O.N[C@@H](C=O)CCC(=O)O.N[C@@H](C=O)Cc1cnc[nH]1. The van der Waals surface area contributed by atoms with Crippen molar-refractivity contribution in [3.63, 3.8) is 0 Å². The van der Waals surface area contributed by atoms with Crippen molar-refractivity contribution in [2.75, 3.05) is 39.3 Å². The molecule has 0 unspecified atom stereocenters. The van der Waals surface area contributed by atoms with Gasteiger partial charge < -0.3 is 186 Å². The summed E-state index contributed by atoms with van der Waals surface area (Å²) < 4.78 is 0. The number of aromatic amines is 1. The van der Waals surface area contributed by atoms with Crippen molar-refractivity contribution in [1.82, 2.24) is 9.97 Å². The zero-order valence-electron chi connectivity index (χ0n) is 52.3. The number of H-pyrrole nitrogens is 1. The highest BCUT2D eigenvalue weighted by molar-refractivity contribution is 5.76. The molecule has 42 heteroatoms. The van der Waals surface area contributed by atoms with E-state index >= 15 is 0 Å². The Balaban J connectivity index is -0.0000000683. The van der Waals surface area contributed by atoms with Crippen LogP contribution >= 0.6 is 0 Å². The molecule has 5 amide bonds. The lowest BCUT2D eigenvalue weighted by Crippen LogP contribution is -2.24. The third-order valence-electron chi connectivity index (χ3n) is 7.34. The van der Waals surface area contributed by atoms with E-state index < -0.39 is 77.8 Å². The van der Waals surface area contributed by atoms with Gasteiger partial charge in [-0.1, -0.05) is 0 Å². The summed E-state index contributed by atoms with van der Waals surface area (Å²) in [5, 5.41) is 8.09. The van der Waals surface area contributed by atoms with Crippen LogP contribution < -0.4 is 109 Å². The molecule has 0 spiro atoms. The van der Waals surface area contributed by atoms with Crippen molar-refractivity contribution in [3.05, 3.63) is 18.2 Å². The van der Waals surface area contributed by atoms with Crippen LogP contribution in [-0.4, -0.2) is 226 Å². The van der Waals surface area contributed by atoms with Crippen LogP contribution in [0, 0.1) is 0 Å².